The molecule has 18 heavy (non-hydrogen) atoms. The number of hydrogen-bond acceptors (Lipinski definition) is 6. The van der Waals surface area contributed by atoms with E-state index in [1.54, 1.807) is 32.4 Å². The second kappa shape index (κ2) is 5.48. The van der Waals surface area contributed by atoms with Gasteiger partial charge in [0.15, 0.2) is 18.5 Å². The number of aromatic nitrogens is 1. The summed E-state index contributed by atoms with van der Waals surface area (Å²) in [4.78, 5) is 19.7. The van der Waals surface area contributed by atoms with Gasteiger partial charge >= 0.3 is 5.97 Å². The van der Waals surface area contributed by atoms with E-state index < -0.39 is 18.1 Å². The predicted molar refractivity (Wildman–Crippen MR) is 63.5 cm³/mol. The van der Waals surface area contributed by atoms with Gasteiger partial charge in [0.1, 0.15) is 0 Å². The second-order valence-electron chi connectivity index (χ2n) is 3.64. The SMILES string of the molecule is CCOC(=O)[C@@H]1N=CO[C@H]1c1ccc(OC)nc1. The van der Waals surface area contributed by atoms with Crippen molar-refractivity contribution < 1.29 is 19.0 Å². The van der Waals surface area contributed by atoms with Gasteiger partial charge in [0.2, 0.25) is 5.88 Å². The van der Waals surface area contributed by atoms with Crippen LogP contribution >= 0.6 is 0 Å². The molecule has 1 aromatic heterocycles. The number of methoxy groups -OCH3 is 1. The topological polar surface area (TPSA) is 70.0 Å². The smallest absolute Gasteiger partial charge is 0.335 e. The molecule has 0 unspecified atom stereocenters. The number of rotatable bonds is 4. The Bertz CT molecular complexity index is 444. The maximum absolute atomic E-state index is 11.7. The first-order valence-electron chi connectivity index (χ1n) is 5.60. The number of carbonyl (C=O) groups is 1. The van der Waals surface area contributed by atoms with Crippen molar-refractivity contribution in [3.63, 3.8) is 0 Å². The van der Waals surface area contributed by atoms with E-state index in [0.717, 1.165) is 5.56 Å². The molecule has 0 N–H and O–H groups in total. The van der Waals surface area contributed by atoms with E-state index in [2.05, 4.69) is 9.98 Å². The zero-order chi connectivity index (χ0) is 13.0. The number of carbonyl (C=O) groups excluding carboxylic acids is 1. The summed E-state index contributed by atoms with van der Waals surface area (Å²) in [7, 11) is 1.54. The third-order valence-corrected chi connectivity index (χ3v) is 2.54. The van der Waals surface area contributed by atoms with Crippen molar-refractivity contribution in [2.75, 3.05) is 13.7 Å². The second-order valence-corrected chi connectivity index (χ2v) is 3.64. The highest BCUT2D eigenvalue weighted by atomic mass is 16.5. The average molecular weight is 250 g/mol. The highest BCUT2D eigenvalue weighted by Gasteiger charge is 2.35. The van der Waals surface area contributed by atoms with Crippen LogP contribution < -0.4 is 4.74 Å². The van der Waals surface area contributed by atoms with Crippen LogP contribution in [0.5, 0.6) is 5.88 Å². The van der Waals surface area contributed by atoms with Crippen LogP contribution in [0.3, 0.4) is 0 Å². The van der Waals surface area contributed by atoms with Crippen LogP contribution in [0.4, 0.5) is 0 Å². The van der Waals surface area contributed by atoms with E-state index in [1.807, 2.05) is 0 Å². The molecule has 2 rings (SSSR count). The first kappa shape index (κ1) is 12.3. The first-order valence-corrected chi connectivity index (χ1v) is 5.60. The highest BCUT2D eigenvalue weighted by molar-refractivity contribution is 5.80. The molecule has 0 aromatic carbocycles. The normalized spacial score (nSPS) is 21.4. The zero-order valence-corrected chi connectivity index (χ0v) is 10.2. The van der Waals surface area contributed by atoms with E-state index >= 15 is 0 Å². The van der Waals surface area contributed by atoms with Crippen molar-refractivity contribution in [3.8, 4) is 5.88 Å². The molecule has 0 amide bonds. The van der Waals surface area contributed by atoms with Gasteiger partial charge < -0.3 is 14.2 Å². The summed E-state index contributed by atoms with van der Waals surface area (Å²) in [5, 5.41) is 0. The highest BCUT2D eigenvalue weighted by Crippen LogP contribution is 2.28. The summed E-state index contributed by atoms with van der Waals surface area (Å²) in [5.74, 6) is 0.109. The van der Waals surface area contributed by atoms with E-state index in [9.17, 15) is 4.79 Å². The molecule has 0 saturated carbocycles. The van der Waals surface area contributed by atoms with Crippen LogP contribution in [-0.4, -0.2) is 37.1 Å². The van der Waals surface area contributed by atoms with Gasteiger partial charge in [-0.05, 0) is 13.0 Å². The molecule has 0 bridgehead atoms. The number of ether oxygens (including phenoxy) is 3. The number of nitrogens with zero attached hydrogens (tertiary/aromatic N) is 2. The van der Waals surface area contributed by atoms with Crippen molar-refractivity contribution in [1.29, 1.82) is 0 Å². The first-order chi connectivity index (χ1) is 8.76. The Balaban J connectivity index is 2.14. The molecule has 1 aliphatic rings. The van der Waals surface area contributed by atoms with Gasteiger partial charge in [-0.3, -0.25) is 0 Å². The fourth-order valence-corrected chi connectivity index (χ4v) is 1.67. The van der Waals surface area contributed by atoms with Gasteiger partial charge in [-0.25, -0.2) is 14.8 Å². The lowest BCUT2D eigenvalue weighted by atomic mass is 10.1. The van der Waals surface area contributed by atoms with E-state index in [-0.39, 0.29) is 0 Å². The number of esters is 1. The molecule has 1 aliphatic heterocycles. The molecule has 1 aromatic rings. The van der Waals surface area contributed by atoms with Crippen LogP contribution in [0.25, 0.3) is 0 Å². The van der Waals surface area contributed by atoms with Gasteiger partial charge in [-0.2, -0.15) is 0 Å². The molecule has 96 valence electrons. The van der Waals surface area contributed by atoms with Crippen molar-refractivity contribution in [2.24, 2.45) is 4.99 Å². The molecule has 6 nitrogen and oxygen atoms in total. The summed E-state index contributed by atoms with van der Waals surface area (Å²) in [6, 6.07) is 2.83. The fraction of sp³-hybridized carbons (Fsp3) is 0.417. The van der Waals surface area contributed by atoms with Crippen LogP contribution in [0.2, 0.25) is 0 Å². The van der Waals surface area contributed by atoms with Gasteiger partial charge in [0.05, 0.1) is 13.7 Å². The Kier molecular flexibility index (Phi) is 3.76. The van der Waals surface area contributed by atoms with Crippen molar-refractivity contribution in [3.05, 3.63) is 23.9 Å². The Morgan fingerprint density at radius 2 is 2.33 bits per heavy atom. The van der Waals surface area contributed by atoms with Crippen molar-refractivity contribution in [2.45, 2.75) is 19.1 Å². The van der Waals surface area contributed by atoms with Crippen molar-refractivity contribution >= 4 is 12.4 Å². The number of aliphatic imine (C=N–C) groups is 1. The molecule has 0 fully saturated rings. The van der Waals surface area contributed by atoms with Crippen LogP contribution in [-0.2, 0) is 14.3 Å². The molecule has 0 spiro atoms. The van der Waals surface area contributed by atoms with E-state index in [1.165, 1.54) is 6.40 Å². The molecule has 2 atom stereocenters. The minimum absolute atomic E-state index is 0.318. The predicted octanol–water partition coefficient (Wildman–Crippen LogP) is 1.12. The van der Waals surface area contributed by atoms with E-state index in [0.29, 0.717) is 12.5 Å². The minimum Gasteiger partial charge on any atom is -0.481 e. The fourth-order valence-electron chi connectivity index (χ4n) is 1.67. The molecular weight excluding hydrogens is 236 g/mol. The number of pyridine rings is 1. The molecule has 0 aliphatic carbocycles. The van der Waals surface area contributed by atoms with Gasteiger partial charge in [0.25, 0.3) is 0 Å². The van der Waals surface area contributed by atoms with Crippen LogP contribution in [0.1, 0.15) is 18.6 Å². The standard InChI is InChI=1S/C12H14N2O4/c1-3-17-12(15)10-11(18-7-14-10)8-4-5-9(16-2)13-6-8/h4-7,10-11H,3H2,1-2H3/t10-,11+/m1/s1. The monoisotopic (exact) mass is 250 g/mol. The Morgan fingerprint density at radius 3 is 2.94 bits per heavy atom. The van der Waals surface area contributed by atoms with Crippen LogP contribution in [0.15, 0.2) is 23.3 Å². The third kappa shape index (κ3) is 2.42. The van der Waals surface area contributed by atoms with Gasteiger partial charge in [-0.1, -0.05) is 0 Å². The Labute approximate surface area is 105 Å². The molecule has 2 heterocycles. The zero-order valence-electron chi connectivity index (χ0n) is 10.2. The average Bonchev–Trinajstić information content (AvgIpc) is 2.88. The summed E-state index contributed by atoms with van der Waals surface area (Å²) in [6.45, 7) is 2.07. The summed E-state index contributed by atoms with van der Waals surface area (Å²) >= 11 is 0. The molecule has 6 heteroatoms. The summed E-state index contributed by atoms with van der Waals surface area (Å²) < 4.78 is 15.2. The summed E-state index contributed by atoms with van der Waals surface area (Å²) in [5.41, 5.74) is 0.756. The third-order valence-electron chi connectivity index (χ3n) is 2.54. The van der Waals surface area contributed by atoms with E-state index in [4.69, 9.17) is 14.2 Å². The Morgan fingerprint density at radius 1 is 1.50 bits per heavy atom. The molecule has 0 saturated heterocycles. The molecular formula is C12H14N2O4. The lowest BCUT2D eigenvalue weighted by Crippen LogP contribution is -2.26. The number of hydrogen-bond donors (Lipinski definition) is 0. The Hall–Kier alpha value is -2.11. The summed E-state index contributed by atoms with van der Waals surface area (Å²) in [6.07, 6.45) is 2.39. The maximum atomic E-state index is 11.7. The quantitative estimate of drug-likeness (QED) is 0.749. The lowest BCUT2D eigenvalue weighted by molar-refractivity contribution is -0.146. The largest absolute Gasteiger partial charge is 0.481 e. The minimum atomic E-state index is -0.667. The molecule has 0 radical (unpaired) electrons. The maximum Gasteiger partial charge on any atom is 0.335 e. The van der Waals surface area contributed by atoms with Gasteiger partial charge in [-0.15, -0.1) is 0 Å². The lowest BCUT2D eigenvalue weighted by Gasteiger charge is -2.16. The van der Waals surface area contributed by atoms with Crippen molar-refractivity contribution in [1.82, 2.24) is 4.98 Å². The van der Waals surface area contributed by atoms with Gasteiger partial charge in [0, 0.05) is 17.8 Å². The van der Waals surface area contributed by atoms with Crippen LogP contribution in [0, 0.1) is 0 Å².